The average molecular weight is 277 g/mol. The van der Waals surface area contributed by atoms with Gasteiger partial charge in [0, 0.05) is 0 Å². The van der Waals surface area contributed by atoms with E-state index in [1.165, 1.54) is 18.2 Å². The number of amides is 1. The Morgan fingerprint density at radius 2 is 2.00 bits per heavy atom. The van der Waals surface area contributed by atoms with Crippen molar-refractivity contribution in [3.63, 3.8) is 0 Å². The van der Waals surface area contributed by atoms with Gasteiger partial charge in [-0.2, -0.15) is 13.2 Å². The Balaban J connectivity index is 3.06. The van der Waals surface area contributed by atoms with E-state index in [1.807, 2.05) is 0 Å². The fourth-order valence-corrected chi connectivity index (χ4v) is 1.33. The van der Waals surface area contributed by atoms with Gasteiger partial charge in [-0.3, -0.25) is 9.59 Å². The maximum absolute atomic E-state index is 12.3. The maximum atomic E-state index is 12.3. The first-order valence-electron chi connectivity index (χ1n) is 4.99. The quantitative estimate of drug-likeness (QED) is 0.823. The minimum absolute atomic E-state index is 0.241. The molecule has 0 unspecified atom stereocenters. The summed E-state index contributed by atoms with van der Waals surface area (Å²) in [5, 5.41) is 8.59. The number of alkyl halides is 3. The van der Waals surface area contributed by atoms with Crippen molar-refractivity contribution in [3.05, 3.63) is 23.9 Å². The van der Waals surface area contributed by atoms with Crippen LogP contribution >= 0.6 is 0 Å². The normalized spacial score (nSPS) is 11.1. The first-order valence-corrected chi connectivity index (χ1v) is 4.99. The van der Waals surface area contributed by atoms with Crippen LogP contribution in [0.25, 0.3) is 0 Å². The second-order valence-corrected chi connectivity index (χ2v) is 3.61. The second-order valence-electron chi connectivity index (χ2n) is 3.61. The largest absolute Gasteiger partial charge is 0.480 e. The van der Waals surface area contributed by atoms with E-state index >= 15 is 0 Å². The molecule has 0 fully saturated rings. The van der Waals surface area contributed by atoms with Crippen LogP contribution in [0.15, 0.2) is 18.2 Å². The van der Waals surface area contributed by atoms with Gasteiger partial charge in [0.15, 0.2) is 0 Å². The third-order valence-corrected chi connectivity index (χ3v) is 2.01. The third kappa shape index (κ3) is 4.82. The molecule has 0 saturated heterocycles. The van der Waals surface area contributed by atoms with Crippen LogP contribution in [0.2, 0.25) is 0 Å². The highest BCUT2D eigenvalue weighted by atomic mass is 19.4. The first-order chi connectivity index (χ1) is 8.69. The summed E-state index contributed by atoms with van der Waals surface area (Å²) < 4.78 is 37.0. The molecule has 0 radical (unpaired) electrons. The average Bonchev–Trinajstić information content (AvgIpc) is 2.25. The summed E-state index contributed by atoms with van der Waals surface area (Å²) in [6, 6.07) is 3.66. The zero-order valence-corrected chi connectivity index (χ0v) is 9.52. The predicted molar refractivity (Wildman–Crippen MR) is 58.7 cm³/mol. The summed E-state index contributed by atoms with van der Waals surface area (Å²) in [4.78, 5) is 25.5. The van der Waals surface area contributed by atoms with Crippen molar-refractivity contribution in [1.29, 1.82) is 0 Å². The van der Waals surface area contributed by atoms with Crippen LogP contribution in [-0.4, -0.2) is 41.2 Å². The van der Waals surface area contributed by atoms with Gasteiger partial charge in [-0.1, -0.05) is 6.07 Å². The number of hydrogen-bond acceptors (Lipinski definition) is 4. The molecular weight excluding hydrogens is 267 g/mol. The molecule has 1 rings (SSSR count). The van der Waals surface area contributed by atoms with Gasteiger partial charge in [-0.15, -0.1) is 0 Å². The van der Waals surface area contributed by atoms with Crippen LogP contribution in [0.1, 0.15) is 10.5 Å². The van der Waals surface area contributed by atoms with Crippen LogP contribution in [0, 0.1) is 0 Å². The van der Waals surface area contributed by atoms with E-state index in [9.17, 15) is 22.8 Å². The van der Waals surface area contributed by atoms with E-state index in [2.05, 4.69) is 4.98 Å². The van der Waals surface area contributed by atoms with E-state index < -0.39 is 31.1 Å². The molecule has 0 bridgehead atoms. The summed E-state index contributed by atoms with van der Waals surface area (Å²) in [6.07, 6.45) is -4.60. The minimum atomic E-state index is -4.60. The van der Waals surface area contributed by atoms with E-state index in [0.29, 0.717) is 4.90 Å². The van der Waals surface area contributed by atoms with Gasteiger partial charge >= 0.3 is 12.1 Å². The molecule has 3 N–H and O–H groups in total. The van der Waals surface area contributed by atoms with Gasteiger partial charge in [-0.05, 0) is 12.1 Å². The topological polar surface area (TPSA) is 96.5 Å². The summed E-state index contributed by atoms with van der Waals surface area (Å²) in [6.45, 7) is -2.39. The van der Waals surface area contributed by atoms with Crippen LogP contribution in [-0.2, 0) is 4.79 Å². The summed E-state index contributed by atoms with van der Waals surface area (Å²) in [7, 11) is 0. The van der Waals surface area contributed by atoms with E-state index in [-0.39, 0.29) is 11.5 Å². The Morgan fingerprint density at radius 1 is 1.37 bits per heavy atom. The zero-order valence-electron chi connectivity index (χ0n) is 9.52. The monoisotopic (exact) mass is 277 g/mol. The number of carboxylic acids is 1. The highest BCUT2D eigenvalue weighted by Crippen LogP contribution is 2.20. The Hall–Kier alpha value is -2.32. The number of hydrogen-bond donors (Lipinski definition) is 2. The molecule has 0 aromatic carbocycles. The van der Waals surface area contributed by atoms with Crippen LogP contribution < -0.4 is 10.6 Å². The lowest BCUT2D eigenvalue weighted by molar-refractivity contribution is -0.136. The molecule has 19 heavy (non-hydrogen) atoms. The Morgan fingerprint density at radius 3 is 2.47 bits per heavy atom. The van der Waals surface area contributed by atoms with Crippen molar-refractivity contribution < 1.29 is 27.9 Å². The van der Waals surface area contributed by atoms with E-state index in [4.69, 9.17) is 10.8 Å². The van der Waals surface area contributed by atoms with Crippen LogP contribution in [0.5, 0.6) is 0 Å². The number of carboxylic acid groups (broad SMARTS) is 1. The first kappa shape index (κ1) is 14.7. The van der Waals surface area contributed by atoms with Crippen molar-refractivity contribution in [2.24, 2.45) is 5.73 Å². The van der Waals surface area contributed by atoms with Crippen molar-refractivity contribution >= 4 is 17.7 Å². The second kappa shape index (κ2) is 5.55. The number of aromatic nitrogens is 1. The number of halogens is 3. The molecule has 1 aromatic rings. The number of carbonyl (C=O) groups excluding carboxylic acids is 1. The summed E-state index contributed by atoms with van der Waals surface area (Å²) >= 11 is 0. The highest BCUT2D eigenvalue weighted by molar-refractivity contribution is 5.91. The molecule has 0 atom stereocenters. The minimum Gasteiger partial charge on any atom is -0.480 e. The Kier molecular flexibility index (Phi) is 4.30. The maximum Gasteiger partial charge on any atom is 0.405 e. The lowest BCUT2D eigenvalue weighted by Crippen LogP contribution is -2.38. The molecular formula is C10H10F3N3O3. The lowest BCUT2D eigenvalue weighted by Gasteiger charge is -2.23. The number of carbonyl (C=O) groups is 2. The van der Waals surface area contributed by atoms with Gasteiger partial charge in [0.2, 0.25) is 0 Å². The predicted octanol–water partition coefficient (Wildman–Crippen LogP) is 0.634. The number of rotatable bonds is 5. The summed E-state index contributed by atoms with van der Waals surface area (Å²) in [5.41, 5.74) is 4.71. The third-order valence-electron chi connectivity index (χ3n) is 2.01. The molecule has 1 heterocycles. The van der Waals surface area contributed by atoms with Gasteiger partial charge in [0.1, 0.15) is 24.6 Å². The molecule has 0 saturated carbocycles. The fourth-order valence-electron chi connectivity index (χ4n) is 1.33. The zero-order chi connectivity index (χ0) is 14.6. The Labute approximate surface area is 105 Å². The molecule has 0 spiro atoms. The fraction of sp³-hybridized carbons (Fsp3) is 0.300. The lowest BCUT2D eigenvalue weighted by atomic mass is 10.3. The number of pyridine rings is 1. The smallest absolute Gasteiger partial charge is 0.405 e. The molecule has 0 aliphatic carbocycles. The van der Waals surface area contributed by atoms with Crippen molar-refractivity contribution in [1.82, 2.24) is 4.98 Å². The molecule has 104 valence electrons. The van der Waals surface area contributed by atoms with Crippen molar-refractivity contribution in [2.75, 3.05) is 18.0 Å². The number of aliphatic carboxylic acids is 1. The van der Waals surface area contributed by atoms with Crippen LogP contribution in [0.4, 0.5) is 19.0 Å². The summed E-state index contributed by atoms with van der Waals surface area (Å²) in [5.74, 6) is -2.64. The van der Waals surface area contributed by atoms with Gasteiger partial charge in [0.05, 0.1) is 0 Å². The molecule has 1 amide bonds. The molecule has 9 heteroatoms. The van der Waals surface area contributed by atoms with Gasteiger partial charge < -0.3 is 15.7 Å². The molecule has 1 aromatic heterocycles. The highest BCUT2D eigenvalue weighted by Gasteiger charge is 2.32. The van der Waals surface area contributed by atoms with E-state index in [0.717, 1.165) is 0 Å². The van der Waals surface area contributed by atoms with Crippen molar-refractivity contribution in [3.8, 4) is 0 Å². The SMILES string of the molecule is NC(=O)c1cccc(N(CC(=O)O)CC(F)(F)F)n1. The van der Waals surface area contributed by atoms with Gasteiger partial charge in [0.25, 0.3) is 5.91 Å². The number of anilines is 1. The Bertz CT molecular complexity index is 490. The number of nitrogens with two attached hydrogens (primary N) is 1. The molecule has 6 nitrogen and oxygen atoms in total. The van der Waals surface area contributed by atoms with Crippen LogP contribution in [0.3, 0.4) is 0 Å². The van der Waals surface area contributed by atoms with E-state index in [1.54, 1.807) is 0 Å². The number of primary amides is 1. The van der Waals surface area contributed by atoms with Gasteiger partial charge in [-0.25, -0.2) is 4.98 Å². The standard InChI is InChI=1S/C10H10F3N3O3/c11-10(12,13)5-16(4-8(17)18)7-3-1-2-6(15-7)9(14)19/h1-3H,4-5H2,(H2,14,19)(H,17,18). The number of nitrogens with zero attached hydrogens (tertiary/aromatic N) is 2. The molecule has 0 aliphatic rings. The molecule has 0 aliphatic heterocycles. The van der Waals surface area contributed by atoms with Crippen molar-refractivity contribution in [2.45, 2.75) is 6.18 Å².